The highest BCUT2D eigenvalue weighted by molar-refractivity contribution is 5.95. The van der Waals surface area contributed by atoms with Crippen molar-refractivity contribution in [3.63, 3.8) is 0 Å². The van der Waals surface area contributed by atoms with Crippen LogP contribution in [-0.2, 0) is 4.79 Å². The number of hydrogen-bond donors (Lipinski definition) is 1. The Morgan fingerprint density at radius 2 is 1.95 bits per heavy atom. The van der Waals surface area contributed by atoms with Gasteiger partial charge in [0.15, 0.2) is 6.10 Å². The van der Waals surface area contributed by atoms with Gasteiger partial charge < -0.3 is 10.1 Å². The summed E-state index contributed by atoms with van der Waals surface area (Å²) < 4.78 is 18.7. The molecule has 4 heteroatoms. The summed E-state index contributed by atoms with van der Waals surface area (Å²) >= 11 is 0. The average Bonchev–Trinajstić information content (AvgIpc) is 2.48. The molecule has 1 atom stereocenters. The summed E-state index contributed by atoms with van der Waals surface area (Å²) in [5, 5.41) is 2.78. The molecule has 0 aliphatic heterocycles. The van der Waals surface area contributed by atoms with Crippen molar-refractivity contribution in [1.82, 2.24) is 0 Å². The molecule has 21 heavy (non-hydrogen) atoms. The van der Waals surface area contributed by atoms with Crippen LogP contribution in [0, 0.1) is 12.7 Å². The van der Waals surface area contributed by atoms with Crippen molar-refractivity contribution in [1.29, 1.82) is 0 Å². The number of nitrogens with one attached hydrogen (secondary N) is 1. The Kier molecular flexibility index (Phi) is 4.93. The molecule has 1 N–H and O–H groups in total. The Morgan fingerprint density at radius 1 is 1.24 bits per heavy atom. The second-order valence-electron chi connectivity index (χ2n) is 4.78. The lowest BCUT2D eigenvalue weighted by molar-refractivity contribution is -0.122. The second-order valence-corrected chi connectivity index (χ2v) is 4.78. The lowest BCUT2D eigenvalue weighted by Crippen LogP contribution is -2.32. The summed E-state index contributed by atoms with van der Waals surface area (Å²) in [6.07, 6.45) is -0.0436. The Bertz CT molecular complexity index is 613. The van der Waals surface area contributed by atoms with Gasteiger partial charge in [-0.15, -0.1) is 0 Å². The molecule has 0 fully saturated rings. The lowest BCUT2D eigenvalue weighted by atomic mass is 10.1. The number of para-hydroxylation sites is 1. The van der Waals surface area contributed by atoms with Crippen LogP contribution in [0.2, 0.25) is 0 Å². The van der Waals surface area contributed by atoms with E-state index < -0.39 is 6.10 Å². The van der Waals surface area contributed by atoms with E-state index >= 15 is 0 Å². The average molecular weight is 287 g/mol. The molecule has 0 saturated carbocycles. The van der Waals surface area contributed by atoms with Gasteiger partial charge in [0.05, 0.1) is 0 Å². The van der Waals surface area contributed by atoms with E-state index in [0.717, 1.165) is 0 Å². The van der Waals surface area contributed by atoms with E-state index in [9.17, 15) is 9.18 Å². The van der Waals surface area contributed by atoms with E-state index in [1.54, 1.807) is 25.1 Å². The summed E-state index contributed by atoms with van der Waals surface area (Å²) in [6, 6.07) is 13.5. The highest BCUT2D eigenvalue weighted by atomic mass is 19.1. The Labute approximate surface area is 123 Å². The summed E-state index contributed by atoms with van der Waals surface area (Å²) in [4.78, 5) is 12.3. The number of aryl methyl sites for hydroxylation is 1. The van der Waals surface area contributed by atoms with Gasteiger partial charge in [0, 0.05) is 5.69 Å². The van der Waals surface area contributed by atoms with Crippen molar-refractivity contribution >= 4 is 11.6 Å². The van der Waals surface area contributed by atoms with Crippen LogP contribution in [0.15, 0.2) is 48.5 Å². The van der Waals surface area contributed by atoms with E-state index in [1.165, 1.54) is 12.1 Å². The van der Waals surface area contributed by atoms with Gasteiger partial charge in [-0.1, -0.05) is 25.1 Å². The van der Waals surface area contributed by atoms with E-state index in [-0.39, 0.29) is 11.7 Å². The lowest BCUT2D eigenvalue weighted by Gasteiger charge is -2.18. The van der Waals surface area contributed by atoms with Crippen molar-refractivity contribution in [3.8, 4) is 5.75 Å². The van der Waals surface area contributed by atoms with Gasteiger partial charge in [0.2, 0.25) is 0 Å². The Morgan fingerprint density at radius 3 is 2.57 bits per heavy atom. The van der Waals surface area contributed by atoms with Crippen molar-refractivity contribution in [3.05, 3.63) is 59.9 Å². The van der Waals surface area contributed by atoms with E-state index in [2.05, 4.69) is 5.32 Å². The molecule has 2 aromatic rings. The second kappa shape index (κ2) is 6.88. The van der Waals surface area contributed by atoms with Gasteiger partial charge >= 0.3 is 0 Å². The summed E-state index contributed by atoms with van der Waals surface area (Å²) in [5.41, 5.74) is 1.27. The maximum atomic E-state index is 13.1. The van der Waals surface area contributed by atoms with Crippen molar-refractivity contribution < 1.29 is 13.9 Å². The number of halogens is 1. The van der Waals surface area contributed by atoms with Crippen molar-refractivity contribution in [2.24, 2.45) is 0 Å². The Hall–Kier alpha value is -2.36. The maximum Gasteiger partial charge on any atom is 0.265 e. The fourth-order valence-electron chi connectivity index (χ4n) is 1.97. The molecule has 2 aromatic carbocycles. The summed E-state index contributed by atoms with van der Waals surface area (Å²) in [7, 11) is 0. The van der Waals surface area contributed by atoms with Gasteiger partial charge in [-0.3, -0.25) is 4.79 Å². The molecule has 0 spiro atoms. The smallest absolute Gasteiger partial charge is 0.265 e. The number of hydrogen-bond acceptors (Lipinski definition) is 2. The van der Waals surface area contributed by atoms with E-state index in [0.29, 0.717) is 23.4 Å². The van der Waals surface area contributed by atoms with Crippen LogP contribution in [0.1, 0.15) is 18.9 Å². The number of benzene rings is 2. The first-order valence-corrected chi connectivity index (χ1v) is 6.89. The van der Waals surface area contributed by atoms with Crippen molar-refractivity contribution in [2.45, 2.75) is 26.4 Å². The molecular weight excluding hydrogens is 269 g/mol. The summed E-state index contributed by atoms with van der Waals surface area (Å²) in [5.74, 6) is 0.0875. The standard InChI is InChI=1S/C17H18FNO2/c1-3-16(21-14-7-5-4-6-8-14)17(20)19-15-10-9-13(18)11-12(15)2/h4-11,16H,3H2,1-2H3,(H,19,20)/t16-/m0/s1. The van der Waals surface area contributed by atoms with Crippen LogP contribution >= 0.6 is 0 Å². The molecule has 0 unspecified atom stereocenters. The number of carbonyl (C=O) groups is 1. The molecule has 0 aromatic heterocycles. The zero-order valence-electron chi connectivity index (χ0n) is 12.1. The molecule has 0 aliphatic rings. The number of anilines is 1. The zero-order valence-corrected chi connectivity index (χ0v) is 12.1. The molecule has 1 amide bonds. The molecule has 110 valence electrons. The molecule has 0 saturated heterocycles. The molecule has 0 aliphatic carbocycles. The van der Waals surface area contributed by atoms with Gasteiger partial charge in [-0.2, -0.15) is 0 Å². The van der Waals surface area contributed by atoms with Crippen LogP contribution in [0.25, 0.3) is 0 Å². The quantitative estimate of drug-likeness (QED) is 0.905. The van der Waals surface area contributed by atoms with Gasteiger partial charge in [-0.05, 0) is 49.2 Å². The third kappa shape index (κ3) is 4.05. The van der Waals surface area contributed by atoms with Crippen LogP contribution < -0.4 is 10.1 Å². The van der Waals surface area contributed by atoms with Crippen LogP contribution in [0.4, 0.5) is 10.1 Å². The Balaban J connectivity index is 2.06. The first kappa shape index (κ1) is 15.0. The van der Waals surface area contributed by atoms with Crippen molar-refractivity contribution in [2.75, 3.05) is 5.32 Å². The topological polar surface area (TPSA) is 38.3 Å². The molecule has 0 radical (unpaired) electrons. The number of rotatable bonds is 5. The molecule has 0 heterocycles. The van der Waals surface area contributed by atoms with E-state index in [1.807, 2.05) is 25.1 Å². The number of carbonyl (C=O) groups excluding carboxylic acids is 1. The fraction of sp³-hybridized carbons (Fsp3) is 0.235. The van der Waals surface area contributed by atoms with E-state index in [4.69, 9.17) is 4.74 Å². The third-order valence-corrected chi connectivity index (χ3v) is 3.13. The molecule has 3 nitrogen and oxygen atoms in total. The highest BCUT2D eigenvalue weighted by Gasteiger charge is 2.19. The number of ether oxygens (including phenoxy) is 1. The largest absolute Gasteiger partial charge is 0.481 e. The van der Waals surface area contributed by atoms with Gasteiger partial charge in [-0.25, -0.2) is 4.39 Å². The maximum absolute atomic E-state index is 13.1. The molecule has 2 rings (SSSR count). The predicted molar refractivity (Wildman–Crippen MR) is 80.9 cm³/mol. The van der Waals surface area contributed by atoms with Crippen LogP contribution in [0.3, 0.4) is 0 Å². The molecular formula is C17H18FNO2. The SMILES string of the molecule is CC[C@H](Oc1ccccc1)C(=O)Nc1ccc(F)cc1C. The predicted octanol–water partition coefficient (Wildman–Crippen LogP) is 3.93. The monoisotopic (exact) mass is 287 g/mol. The fourth-order valence-corrected chi connectivity index (χ4v) is 1.97. The first-order chi connectivity index (χ1) is 10.1. The zero-order chi connectivity index (χ0) is 15.2. The first-order valence-electron chi connectivity index (χ1n) is 6.89. The van der Waals surface area contributed by atoms with Gasteiger partial charge in [0.1, 0.15) is 11.6 Å². The normalized spacial score (nSPS) is 11.8. The van der Waals surface area contributed by atoms with Crippen LogP contribution in [-0.4, -0.2) is 12.0 Å². The minimum atomic E-state index is -0.586. The molecule has 0 bridgehead atoms. The minimum absolute atomic E-state index is 0.240. The highest BCUT2D eigenvalue weighted by Crippen LogP contribution is 2.18. The number of amides is 1. The van der Waals surface area contributed by atoms with Crippen LogP contribution in [0.5, 0.6) is 5.75 Å². The minimum Gasteiger partial charge on any atom is -0.481 e. The third-order valence-electron chi connectivity index (χ3n) is 3.13. The van der Waals surface area contributed by atoms with Gasteiger partial charge in [0.25, 0.3) is 5.91 Å². The summed E-state index contributed by atoms with van der Waals surface area (Å²) in [6.45, 7) is 3.63.